The molecule has 168 valence electrons. The minimum absolute atomic E-state index is 0.119. The Labute approximate surface area is 197 Å². The highest BCUT2D eigenvalue weighted by molar-refractivity contribution is 7.89. The van der Waals surface area contributed by atoms with Crippen LogP contribution in [0.25, 0.3) is 0 Å². The number of piperidine rings is 1. The van der Waals surface area contributed by atoms with Crippen molar-refractivity contribution < 1.29 is 13.2 Å². The van der Waals surface area contributed by atoms with Crippen molar-refractivity contribution in [1.82, 2.24) is 14.1 Å². The molecule has 1 aromatic heterocycles. The van der Waals surface area contributed by atoms with Crippen LogP contribution in [-0.4, -0.2) is 41.5 Å². The number of nitrogens with zero attached hydrogens (tertiary/aromatic N) is 3. The number of halogens is 2. The van der Waals surface area contributed by atoms with E-state index in [0.29, 0.717) is 35.5 Å². The standard InChI is InChI=1S/C22H22Cl2N4O3S/c23-18-8-7-17(20(24)14-18)15-28-21(9-10-25-28)26-22(29)16-5-4-6-19(13-16)32(30,31)27-11-2-1-3-12-27/h4-10,13-14H,1-3,11-12,15H2,(H,26,29). The van der Waals surface area contributed by atoms with Gasteiger partial charge in [-0.05, 0) is 48.7 Å². The summed E-state index contributed by atoms with van der Waals surface area (Å²) in [5.41, 5.74) is 1.05. The first-order valence-corrected chi connectivity index (χ1v) is 12.4. The lowest BCUT2D eigenvalue weighted by Crippen LogP contribution is -2.35. The minimum atomic E-state index is -3.63. The lowest BCUT2D eigenvalue weighted by Gasteiger charge is -2.26. The summed E-state index contributed by atoms with van der Waals surface area (Å²) in [5.74, 6) is 0.0370. The maximum absolute atomic E-state index is 13.0. The number of sulfonamides is 1. The molecule has 2 aromatic carbocycles. The molecule has 0 atom stereocenters. The Balaban J connectivity index is 1.52. The van der Waals surface area contributed by atoms with E-state index in [4.69, 9.17) is 23.2 Å². The predicted molar refractivity (Wildman–Crippen MR) is 125 cm³/mol. The normalized spacial score (nSPS) is 14.9. The second-order valence-electron chi connectivity index (χ2n) is 7.56. The van der Waals surface area contributed by atoms with Crippen LogP contribution in [0, 0.1) is 0 Å². The van der Waals surface area contributed by atoms with Crippen molar-refractivity contribution in [2.45, 2.75) is 30.7 Å². The molecule has 1 aliphatic rings. The van der Waals surface area contributed by atoms with Crippen molar-refractivity contribution in [1.29, 1.82) is 0 Å². The molecular weight excluding hydrogens is 471 g/mol. The highest BCUT2D eigenvalue weighted by Gasteiger charge is 2.26. The molecule has 2 heterocycles. The number of aromatic nitrogens is 2. The number of carbonyl (C=O) groups excluding carboxylic acids is 1. The summed E-state index contributed by atoms with van der Waals surface area (Å²) in [7, 11) is -3.63. The number of benzene rings is 2. The van der Waals surface area contributed by atoms with Crippen LogP contribution in [0.3, 0.4) is 0 Å². The van der Waals surface area contributed by atoms with E-state index in [9.17, 15) is 13.2 Å². The number of nitrogens with one attached hydrogen (secondary N) is 1. The van der Waals surface area contributed by atoms with Crippen LogP contribution >= 0.6 is 23.2 Å². The lowest BCUT2D eigenvalue weighted by molar-refractivity contribution is 0.102. The van der Waals surface area contributed by atoms with Gasteiger partial charge in [0.25, 0.3) is 5.91 Å². The van der Waals surface area contributed by atoms with Gasteiger partial charge in [0.05, 0.1) is 17.6 Å². The first kappa shape index (κ1) is 22.8. The molecule has 1 aliphatic heterocycles. The zero-order valence-electron chi connectivity index (χ0n) is 17.2. The molecule has 32 heavy (non-hydrogen) atoms. The fourth-order valence-electron chi connectivity index (χ4n) is 3.62. The van der Waals surface area contributed by atoms with E-state index in [-0.39, 0.29) is 10.5 Å². The van der Waals surface area contributed by atoms with Gasteiger partial charge in [0.2, 0.25) is 10.0 Å². The molecule has 1 amide bonds. The van der Waals surface area contributed by atoms with Gasteiger partial charge >= 0.3 is 0 Å². The van der Waals surface area contributed by atoms with Crippen molar-refractivity contribution in [3.05, 3.63) is 75.9 Å². The zero-order valence-corrected chi connectivity index (χ0v) is 19.5. The quantitative estimate of drug-likeness (QED) is 0.541. The summed E-state index contributed by atoms with van der Waals surface area (Å²) in [6, 6.07) is 12.9. The number of anilines is 1. The molecule has 0 bridgehead atoms. The first-order chi connectivity index (χ1) is 15.3. The fraction of sp³-hybridized carbons (Fsp3) is 0.273. The van der Waals surface area contributed by atoms with Crippen molar-refractivity contribution in [3.8, 4) is 0 Å². The summed E-state index contributed by atoms with van der Waals surface area (Å²) >= 11 is 12.2. The molecular formula is C22H22Cl2N4O3S. The van der Waals surface area contributed by atoms with Crippen molar-refractivity contribution in [2.75, 3.05) is 18.4 Å². The molecule has 0 aliphatic carbocycles. The van der Waals surface area contributed by atoms with Crippen LogP contribution in [-0.2, 0) is 16.6 Å². The van der Waals surface area contributed by atoms with Crippen LogP contribution in [0.15, 0.2) is 59.6 Å². The van der Waals surface area contributed by atoms with Crippen LogP contribution in [0.5, 0.6) is 0 Å². The van der Waals surface area contributed by atoms with Crippen LogP contribution in [0.4, 0.5) is 5.82 Å². The van der Waals surface area contributed by atoms with Crippen molar-refractivity contribution in [2.24, 2.45) is 0 Å². The third-order valence-corrected chi connectivity index (χ3v) is 7.82. The number of carbonyl (C=O) groups is 1. The fourth-order valence-corrected chi connectivity index (χ4v) is 5.65. The monoisotopic (exact) mass is 492 g/mol. The second kappa shape index (κ2) is 9.62. The molecule has 0 radical (unpaired) electrons. The van der Waals surface area contributed by atoms with E-state index in [1.807, 2.05) is 0 Å². The minimum Gasteiger partial charge on any atom is -0.307 e. The van der Waals surface area contributed by atoms with Gasteiger partial charge in [-0.25, -0.2) is 13.1 Å². The van der Waals surface area contributed by atoms with Gasteiger partial charge in [0.1, 0.15) is 5.82 Å². The Bertz CT molecular complexity index is 1240. The molecule has 4 rings (SSSR count). The van der Waals surface area contributed by atoms with Gasteiger partial charge in [-0.2, -0.15) is 9.40 Å². The topological polar surface area (TPSA) is 84.3 Å². The molecule has 1 saturated heterocycles. The molecule has 10 heteroatoms. The Morgan fingerprint density at radius 2 is 1.81 bits per heavy atom. The highest BCUT2D eigenvalue weighted by Crippen LogP contribution is 2.24. The first-order valence-electron chi connectivity index (χ1n) is 10.2. The zero-order chi connectivity index (χ0) is 22.7. The van der Waals surface area contributed by atoms with E-state index in [0.717, 1.165) is 24.8 Å². The smallest absolute Gasteiger partial charge is 0.256 e. The largest absolute Gasteiger partial charge is 0.307 e. The Kier molecular flexibility index (Phi) is 6.85. The van der Waals surface area contributed by atoms with Crippen LogP contribution in [0.1, 0.15) is 35.2 Å². The SMILES string of the molecule is O=C(Nc1ccnn1Cc1ccc(Cl)cc1Cl)c1cccc(S(=O)(=O)N2CCCCC2)c1. The van der Waals surface area contributed by atoms with E-state index in [1.54, 1.807) is 47.3 Å². The summed E-state index contributed by atoms with van der Waals surface area (Å²) in [5, 5.41) is 8.08. The third-order valence-electron chi connectivity index (χ3n) is 5.34. The number of hydrogen-bond donors (Lipinski definition) is 1. The maximum atomic E-state index is 13.0. The molecule has 0 spiro atoms. The van der Waals surface area contributed by atoms with Crippen LogP contribution in [0.2, 0.25) is 10.0 Å². The average molecular weight is 493 g/mol. The number of amides is 1. The number of hydrogen-bond acceptors (Lipinski definition) is 4. The molecule has 0 saturated carbocycles. The van der Waals surface area contributed by atoms with Crippen LogP contribution < -0.4 is 5.32 Å². The van der Waals surface area contributed by atoms with Gasteiger partial charge in [-0.1, -0.05) is 41.8 Å². The summed E-state index contributed by atoms with van der Waals surface area (Å²) in [6.45, 7) is 1.35. The van der Waals surface area contributed by atoms with Gasteiger partial charge in [0, 0.05) is 34.8 Å². The van der Waals surface area contributed by atoms with E-state index in [2.05, 4.69) is 10.4 Å². The molecule has 7 nitrogen and oxygen atoms in total. The summed E-state index contributed by atoms with van der Waals surface area (Å²) < 4.78 is 29.0. The molecule has 1 fully saturated rings. The molecule has 1 N–H and O–H groups in total. The third kappa shape index (κ3) is 4.99. The predicted octanol–water partition coefficient (Wildman–Crippen LogP) is 4.67. The van der Waals surface area contributed by atoms with E-state index >= 15 is 0 Å². The van der Waals surface area contributed by atoms with Crippen molar-refractivity contribution in [3.63, 3.8) is 0 Å². The van der Waals surface area contributed by atoms with E-state index in [1.165, 1.54) is 16.4 Å². The Morgan fingerprint density at radius 3 is 2.56 bits per heavy atom. The van der Waals surface area contributed by atoms with E-state index < -0.39 is 15.9 Å². The van der Waals surface area contributed by atoms with Gasteiger partial charge < -0.3 is 5.32 Å². The van der Waals surface area contributed by atoms with Crippen molar-refractivity contribution >= 4 is 45.0 Å². The molecule has 3 aromatic rings. The van der Waals surface area contributed by atoms with Gasteiger partial charge in [0.15, 0.2) is 0 Å². The summed E-state index contributed by atoms with van der Waals surface area (Å²) in [6.07, 6.45) is 4.29. The second-order valence-corrected chi connectivity index (χ2v) is 10.3. The van der Waals surface area contributed by atoms with Gasteiger partial charge in [-0.15, -0.1) is 0 Å². The lowest BCUT2D eigenvalue weighted by atomic mass is 10.2. The highest BCUT2D eigenvalue weighted by atomic mass is 35.5. The molecule has 0 unspecified atom stereocenters. The Hall–Kier alpha value is -2.39. The maximum Gasteiger partial charge on any atom is 0.256 e. The average Bonchev–Trinajstić information content (AvgIpc) is 3.23. The number of rotatable bonds is 6. The Morgan fingerprint density at radius 1 is 1.03 bits per heavy atom. The van der Waals surface area contributed by atoms with Gasteiger partial charge in [-0.3, -0.25) is 4.79 Å². The summed E-state index contributed by atoms with van der Waals surface area (Å²) in [4.78, 5) is 13.0.